The van der Waals surface area contributed by atoms with Crippen molar-refractivity contribution in [1.29, 1.82) is 0 Å². The standard InChI is InChI=1S/C46H30N6O/c1-46(2)35-19-10-9-16-30(35)31-21-22-36-39(40(31)46)41-37(25-47-26-48-41)52(36)29-20-23-38-34(24-29)32-17-11-18-33(42(32)53-38)45-50-43(27-12-5-3-6-13-27)49-44(51-45)28-14-7-4-8-15-28/h3-26H,1-2H3. The van der Waals surface area contributed by atoms with E-state index in [1.165, 1.54) is 27.6 Å². The van der Waals surface area contributed by atoms with Gasteiger partial charge >= 0.3 is 0 Å². The molecule has 6 aromatic carbocycles. The highest BCUT2D eigenvalue weighted by atomic mass is 16.3. The van der Waals surface area contributed by atoms with Crippen LogP contribution in [-0.4, -0.2) is 29.5 Å². The van der Waals surface area contributed by atoms with Crippen LogP contribution in [0.4, 0.5) is 0 Å². The van der Waals surface area contributed by atoms with E-state index in [0.717, 1.165) is 60.9 Å². The molecule has 1 aliphatic rings. The lowest BCUT2D eigenvalue weighted by Gasteiger charge is -2.22. The van der Waals surface area contributed by atoms with Gasteiger partial charge in [0.1, 0.15) is 23.0 Å². The van der Waals surface area contributed by atoms with Crippen LogP contribution < -0.4 is 0 Å². The molecule has 0 bridgehead atoms. The molecular weight excluding hydrogens is 653 g/mol. The second kappa shape index (κ2) is 11.0. The van der Waals surface area contributed by atoms with Crippen LogP contribution in [0.3, 0.4) is 0 Å². The summed E-state index contributed by atoms with van der Waals surface area (Å²) >= 11 is 0. The van der Waals surface area contributed by atoms with Gasteiger partial charge in [0.25, 0.3) is 0 Å². The maximum Gasteiger partial charge on any atom is 0.167 e. The van der Waals surface area contributed by atoms with E-state index in [4.69, 9.17) is 24.4 Å². The Balaban J connectivity index is 1.12. The molecule has 0 amide bonds. The van der Waals surface area contributed by atoms with E-state index < -0.39 is 0 Å². The van der Waals surface area contributed by atoms with Gasteiger partial charge in [-0.25, -0.2) is 24.9 Å². The quantitative estimate of drug-likeness (QED) is 0.184. The molecule has 250 valence electrons. The van der Waals surface area contributed by atoms with Crippen LogP contribution in [0, 0.1) is 0 Å². The summed E-state index contributed by atoms with van der Waals surface area (Å²) in [7, 11) is 0. The van der Waals surface area contributed by atoms with Crippen molar-refractivity contribution < 1.29 is 4.42 Å². The highest BCUT2D eigenvalue weighted by Gasteiger charge is 2.38. The zero-order valence-electron chi connectivity index (χ0n) is 28.9. The smallest absolute Gasteiger partial charge is 0.167 e. The Morgan fingerprint density at radius 1 is 0.585 bits per heavy atom. The van der Waals surface area contributed by atoms with Gasteiger partial charge in [0.2, 0.25) is 0 Å². The SMILES string of the molecule is CC1(C)c2ccccc2-c2ccc3c(c21)c1ncncc1n3-c1ccc2oc3c(-c4nc(-c5ccccc5)nc(-c5ccccc5)n4)cccc3c2c1. The Bertz CT molecular complexity index is 3030. The summed E-state index contributed by atoms with van der Waals surface area (Å²) in [4.78, 5) is 24.3. The molecule has 0 unspecified atom stereocenters. The van der Waals surface area contributed by atoms with Crippen molar-refractivity contribution in [1.82, 2.24) is 29.5 Å². The lowest BCUT2D eigenvalue weighted by atomic mass is 9.81. The Morgan fingerprint density at radius 2 is 1.28 bits per heavy atom. The van der Waals surface area contributed by atoms with Crippen LogP contribution in [-0.2, 0) is 5.41 Å². The van der Waals surface area contributed by atoms with Gasteiger partial charge < -0.3 is 8.98 Å². The van der Waals surface area contributed by atoms with Crippen LogP contribution in [0.25, 0.3) is 94.9 Å². The molecular formula is C46H30N6O. The largest absolute Gasteiger partial charge is 0.455 e. The van der Waals surface area contributed by atoms with Crippen molar-refractivity contribution in [3.05, 3.63) is 157 Å². The molecule has 0 spiro atoms. The van der Waals surface area contributed by atoms with Crippen LogP contribution in [0.2, 0.25) is 0 Å². The second-order valence-corrected chi connectivity index (χ2v) is 14.1. The topological polar surface area (TPSA) is 82.5 Å². The first-order valence-corrected chi connectivity index (χ1v) is 17.7. The summed E-state index contributed by atoms with van der Waals surface area (Å²) in [5.74, 6) is 1.77. The van der Waals surface area contributed by atoms with Crippen molar-refractivity contribution in [3.63, 3.8) is 0 Å². The highest BCUT2D eigenvalue weighted by Crippen LogP contribution is 2.53. The van der Waals surface area contributed by atoms with Crippen molar-refractivity contribution in [2.75, 3.05) is 0 Å². The van der Waals surface area contributed by atoms with Gasteiger partial charge in [-0.3, -0.25) is 0 Å². The normalized spacial score (nSPS) is 13.2. The van der Waals surface area contributed by atoms with E-state index in [-0.39, 0.29) is 5.41 Å². The van der Waals surface area contributed by atoms with Gasteiger partial charge in [-0.05, 0) is 52.6 Å². The van der Waals surface area contributed by atoms with Crippen LogP contribution in [0.5, 0.6) is 0 Å². The van der Waals surface area contributed by atoms with Gasteiger partial charge in [0.05, 0.1) is 22.8 Å². The predicted molar refractivity (Wildman–Crippen MR) is 211 cm³/mol. The molecule has 1 aliphatic carbocycles. The Morgan fingerprint density at radius 3 is 2.06 bits per heavy atom. The second-order valence-electron chi connectivity index (χ2n) is 14.1. The van der Waals surface area contributed by atoms with Crippen LogP contribution in [0.15, 0.2) is 150 Å². The molecule has 0 aliphatic heterocycles. The Labute approximate surface area is 304 Å². The van der Waals surface area contributed by atoms with Crippen molar-refractivity contribution in [2.45, 2.75) is 19.3 Å². The fraction of sp³-hybridized carbons (Fsp3) is 0.0652. The van der Waals surface area contributed by atoms with Gasteiger partial charge in [-0.15, -0.1) is 0 Å². The molecule has 0 radical (unpaired) electrons. The zero-order chi connectivity index (χ0) is 35.3. The Hall–Kier alpha value is -6.99. The maximum absolute atomic E-state index is 6.67. The molecule has 11 rings (SSSR count). The average molecular weight is 683 g/mol. The summed E-state index contributed by atoms with van der Waals surface area (Å²) < 4.78 is 8.95. The van der Waals surface area contributed by atoms with E-state index in [1.807, 2.05) is 79.0 Å². The number of nitrogens with zero attached hydrogens (tertiary/aromatic N) is 6. The molecule has 0 atom stereocenters. The summed E-state index contributed by atoms with van der Waals surface area (Å²) in [6, 6.07) is 45.9. The van der Waals surface area contributed by atoms with Gasteiger partial charge in [-0.2, -0.15) is 0 Å². The number of rotatable bonds is 4. The molecule has 53 heavy (non-hydrogen) atoms. The number of hydrogen-bond acceptors (Lipinski definition) is 6. The van der Waals surface area contributed by atoms with E-state index >= 15 is 0 Å². The van der Waals surface area contributed by atoms with Crippen molar-refractivity contribution in [3.8, 4) is 51.0 Å². The molecule has 4 heterocycles. The zero-order valence-corrected chi connectivity index (χ0v) is 28.9. The molecule has 10 aromatic rings. The highest BCUT2D eigenvalue weighted by molar-refractivity contribution is 6.14. The number of hydrogen-bond donors (Lipinski definition) is 0. The third-order valence-corrected chi connectivity index (χ3v) is 10.8. The summed E-state index contributed by atoms with van der Waals surface area (Å²) in [5.41, 5.74) is 13.2. The Kier molecular flexibility index (Phi) is 6.17. The van der Waals surface area contributed by atoms with Gasteiger partial charge in [0.15, 0.2) is 17.5 Å². The lowest BCUT2D eigenvalue weighted by Crippen LogP contribution is -2.15. The molecule has 0 fully saturated rings. The number of furan rings is 1. The predicted octanol–water partition coefficient (Wildman–Crippen LogP) is 11.0. The fourth-order valence-corrected chi connectivity index (χ4v) is 8.41. The summed E-state index contributed by atoms with van der Waals surface area (Å²) in [6.45, 7) is 4.64. The first-order valence-electron chi connectivity index (χ1n) is 17.7. The van der Waals surface area contributed by atoms with Crippen molar-refractivity contribution in [2.24, 2.45) is 0 Å². The monoisotopic (exact) mass is 682 g/mol. The van der Waals surface area contributed by atoms with E-state index in [1.54, 1.807) is 6.33 Å². The van der Waals surface area contributed by atoms with Crippen LogP contribution >= 0.6 is 0 Å². The first kappa shape index (κ1) is 29.7. The minimum atomic E-state index is -0.188. The average Bonchev–Trinajstić information content (AvgIpc) is 3.83. The number of fused-ring (bicyclic) bond motifs is 10. The van der Waals surface area contributed by atoms with Crippen molar-refractivity contribution >= 4 is 43.9 Å². The van der Waals surface area contributed by atoms with E-state index in [9.17, 15) is 0 Å². The molecule has 0 N–H and O–H groups in total. The van der Waals surface area contributed by atoms with E-state index in [2.05, 4.69) is 84.1 Å². The first-order chi connectivity index (χ1) is 26.0. The molecule has 7 nitrogen and oxygen atoms in total. The number of aromatic nitrogens is 6. The minimum absolute atomic E-state index is 0.188. The minimum Gasteiger partial charge on any atom is -0.455 e. The molecule has 7 heteroatoms. The van der Waals surface area contributed by atoms with Gasteiger partial charge in [0, 0.05) is 38.4 Å². The third-order valence-electron chi connectivity index (χ3n) is 10.8. The molecule has 0 saturated heterocycles. The fourth-order valence-electron chi connectivity index (χ4n) is 8.41. The third kappa shape index (κ3) is 4.31. The summed E-state index contributed by atoms with van der Waals surface area (Å²) in [5, 5.41) is 3.15. The summed E-state index contributed by atoms with van der Waals surface area (Å²) in [6.07, 6.45) is 3.58. The molecule has 0 saturated carbocycles. The number of benzene rings is 6. The van der Waals surface area contributed by atoms with Crippen LogP contribution in [0.1, 0.15) is 25.0 Å². The van der Waals surface area contributed by atoms with E-state index in [0.29, 0.717) is 17.5 Å². The molecule has 4 aromatic heterocycles. The van der Waals surface area contributed by atoms with Gasteiger partial charge in [-0.1, -0.05) is 117 Å². The lowest BCUT2D eigenvalue weighted by molar-refractivity contribution is 0.666. The number of para-hydroxylation sites is 1. The maximum atomic E-state index is 6.67.